The van der Waals surface area contributed by atoms with Crippen LogP contribution in [0.25, 0.3) is 0 Å². The summed E-state index contributed by atoms with van der Waals surface area (Å²) in [6.45, 7) is 4.22. The van der Waals surface area contributed by atoms with E-state index in [0.717, 1.165) is 44.9 Å². The van der Waals surface area contributed by atoms with E-state index in [1.165, 1.54) is 0 Å². The Morgan fingerprint density at radius 3 is 1.66 bits per heavy atom. The first-order valence-corrected chi connectivity index (χ1v) is 12.4. The Morgan fingerprint density at radius 1 is 0.743 bits per heavy atom. The van der Waals surface area contributed by atoms with Crippen LogP contribution in [0.5, 0.6) is 11.5 Å². The fourth-order valence-corrected chi connectivity index (χ4v) is 3.61. The number of ether oxygens (including phenoxy) is 4. The van der Waals surface area contributed by atoms with Gasteiger partial charge in [-0.25, -0.2) is 9.59 Å². The summed E-state index contributed by atoms with van der Waals surface area (Å²) in [5, 5.41) is 0. The van der Waals surface area contributed by atoms with E-state index in [-0.39, 0.29) is 18.0 Å². The summed E-state index contributed by atoms with van der Waals surface area (Å²) < 4.78 is 22.0. The van der Waals surface area contributed by atoms with E-state index >= 15 is 0 Å². The zero-order valence-corrected chi connectivity index (χ0v) is 20.6. The van der Waals surface area contributed by atoms with Crippen LogP contribution in [0, 0.1) is 0 Å². The van der Waals surface area contributed by atoms with Gasteiger partial charge in [0.1, 0.15) is 11.5 Å². The summed E-state index contributed by atoms with van der Waals surface area (Å²) in [4.78, 5) is 38.3. The van der Waals surface area contributed by atoms with Crippen molar-refractivity contribution >= 4 is 18.4 Å². The molecule has 2 aromatic carbocycles. The van der Waals surface area contributed by atoms with Gasteiger partial charge in [0.15, 0.2) is 0 Å². The minimum Gasteiger partial charge on any atom is -0.421 e. The largest absolute Gasteiger partial charge is 0.421 e. The molecule has 1 atom stereocenters. The van der Waals surface area contributed by atoms with Gasteiger partial charge in [0.2, 0.25) is 0 Å². The first kappa shape index (κ1) is 28.1. The van der Waals surface area contributed by atoms with Crippen LogP contribution >= 0.6 is 0 Å². The summed E-state index contributed by atoms with van der Waals surface area (Å²) >= 11 is 0. The number of hydrogen-bond donors (Lipinski definition) is 0. The molecule has 0 spiro atoms. The molecule has 7 nitrogen and oxygen atoms in total. The smallest absolute Gasteiger partial charge is 0.414 e. The number of benzene rings is 2. The van der Waals surface area contributed by atoms with Crippen LogP contribution in [0.4, 0.5) is 0 Å². The van der Waals surface area contributed by atoms with E-state index in [4.69, 9.17) is 18.9 Å². The molecule has 2 rings (SSSR count). The third kappa shape index (κ3) is 9.17. The van der Waals surface area contributed by atoms with Gasteiger partial charge in [-0.3, -0.25) is 4.79 Å². The molecule has 0 aromatic heterocycles. The summed E-state index contributed by atoms with van der Waals surface area (Å²) in [7, 11) is 0. The molecule has 190 valence electrons. The second kappa shape index (κ2) is 15.7. The monoisotopic (exact) mass is 484 g/mol. The van der Waals surface area contributed by atoms with Gasteiger partial charge in [0.25, 0.3) is 6.47 Å². The average Bonchev–Trinajstić information content (AvgIpc) is 2.87. The minimum atomic E-state index is -2.70. The van der Waals surface area contributed by atoms with Gasteiger partial charge in [0, 0.05) is 0 Å². The lowest BCUT2D eigenvalue weighted by molar-refractivity contribution is -0.248. The molecular formula is C28H36O7. The third-order valence-corrected chi connectivity index (χ3v) is 5.50. The van der Waals surface area contributed by atoms with E-state index in [1.807, 2.05) is 0 Å². The summed E-state index contributed by atoms with van der Waals surface area (Å²) in [5.41, 5.74) is 0. The molecule has 0 saturated heterocycles. The number of unbranched alkanes of at least 4 members (excludes halogenated alkanes) is 5. The molecule has 0 aliphatic rings. The predicted octanol–water partition coefficient (Wildman–Crippen LogP) is 6.00. The van der Waals surface area contributed by atoms with Crippen LogP contribution in [0.2, 0.25) is 0 Å². The number of carbonyl (C=O) groups is 3. The standard InChI is InChI=1S/C28H36O7/c1-3-5-7-11-21-25(20-10-6-4-2)35-28(32-22-29,26(30)33-23-16-12-8-13-17-23)27(31)34-24-18-14-9-15-19-24/h8-9,12-19,22,25H,3-7,10-11,20-21H2,1-2H3. The highest BCUT2D eigenvalue weighted by molar-refractivity contribution is 6.04. The van der Waals surface area contributed by atoms with Crippen LogP contribution in [-0.2, 0) is 23.9 Å². The first-order chi connectivity index (χ1) is 17.1. The number of esters is 2. The van der Waals surface area contributed by atoms with Crippen molar-refractivity contribution in [3.63, 3.8) is 0 Å². The zero-order chi connectivity index (χ0) is 25.4. The van der Waals surface area contributed by atoms with Crippen LogP contribution in [0.15, 0.2) is 60.7 Å². The van der Waals surface area contributed by atoms with Gasteiger partial charge in [-0.05, 0) is 37.1 Å². The molecule has 0 fully saturated rings. The molecule has 0 radical (unpaired) electrons. The van der Waals surface area contributed by atoms with Crippen molar-refractivity contribution < 1.29 is 33.3 Å². The second-order valence-electron chi connectivity index (χ2n) is 8.32. The lowest BCUT2D eigenvalue weighted by atomic mass is 10.0. The van der Waals surface area contributed by atoms with Crippen LogP contribution in [0.3, 0.4) is 0 Å². The van der Waals surface area contributed by atoms with Gasteiger partial charge in [-0.15, -0.1) is 0 Å². The van der Waals surface area contributed by atoms with E-state index in [2.05, 4.69) is 13.8 Å². The van der Waals surface area contributed by atoms with Crippen molar-refractivity contribution in [2.24, 2.45) is 0 Å². The predicted molar refractivity (Wildman–Crippen MR) is 132 cm³/mol. The number of para-hydroxylation sites is 2. The molecule has 0 heterocycles. The molecule has 1 unspecified atom stereocenters. The van der Waals surface area contributed by atoms with Gasteiger partial charge in [-0.2, -0.15) is 0 Å². The normalized spacial score (nSPS) is 11.9. The van der Waals surface area contributed by atoms with Gasteiger partial charge < -0.3 is 18.9 Å². The van der Waals surface area contributed by atoms with Crippen molar-refractivity contribution in [3.8, 4) is 11.5 Å². The number of rotatable bonds is 17. The highest BCUT2D eigenvalue weighted by Gasteiger charge is 2.56. The quantitative estimate of drug-likeness (QED) is 0.0679. The molecular weight excluding hydrogens is 448 g/mol. The van der Waals surface area contributed by atoms with Crippen molar-refractivity contribution in [1.29, 1.82) is 0 Å². The highest BCUT2D eigenvalue weighted by atomic mass is 16.8. The Kier molecular flexibility index (Phi) is 12.6. The maximum Gasteiger partial charge on any atom is 0.414 e. The fourth-order valence-electron chi connectivity index (χ4n) is 3.61. The van der Waals surface area contributed by atoms with Crippen LogP contribution in [-0.4, -0.2) is 30.3 Å². The Labute approximate surface area is 207 Å². The van der Waals surface area contributed by atoms with E-state index < -0.39 is 23.8 Å². The molecule has 0 aliphatic carbocycles. The highest BCUT2D eigenvalue weighted by Crippen LogP contribution is 2.27. The van der Waals surface area contributed by atoms with Crippen LogP contribution in [0.1, 0.15) is 71.6 Å². The van der Waals surface area contributed by atoms with E-state index in [0.29, 0.717) is 12.8 Å². The summed E-state index contributed by atoms with van der Waals surface area (Å²) in [5.74, 6) is -4.69. The Morgan fingerprint density at radius 2 is 1.20 bits per heavy atom. The molecule has 35 heavy (non-hydrogen) atoms. The van der Waals surface area contributed by atoms with Crippen molar-refractivity contribution in [1.82, 2.24) is 0 Å². The molecule has 0 amide bonds. The van der Waals surface area contributed by atoms with Crippen molar-refractivity contribution in [2.75, 3.05) is 0 Å². The van der Waals surface area contributed by atoms with Gasteiger partial charge in [-0.1, -0.05) is 95.2 Å². The van der Waals surface area contributed by atoms with Crippen LogP contribution < -0.4 is 9.47 Å². The summed E-state index contributed by atoms with van der Waals surface area (Å²) in [6.07, 6.45) is 7.50. The number of hydrogen-bond acceptors (Lipinski definition) is 7. The SMILES string of the molecule is CCCCCCC(CCCCC)OC(OC=O)(C(=O)Oc1ccccc1)C(=O)Oc1ccccc1. The molecule has 0 N–H and O–H groups in total. The van der Waals surface area contributed by atoms with E-state index in [1.54, 1.807) is 60.7 Å². The maximum absolute atomic E-state index is 13.4. The number of carbonyl (C=O) groups excluding carboxylic acids is 3. The molecule has 2 aromatic rings. The third-order valence-electron chi connectivity index (χ3n) is 5.50. The fraction of sp³-hybridized carbons (Fsp3) is 0.464. The maximum atomic E-state index is 13.4. The molecule has 0 saturated carbocycles. The van der Waals surface area contributed by atoms with Crippen molar-refractivity contribution in [2.45, 2.75) is 83.5 Å². The molecule has 7 heteroatoms. The Bertz CT molecular complexity index is 829. The molecule has 0 bridgehead atoms. The zero-order valence-electron chi connectivity index (χ0n) is 20.6. The first-order valence-electron chi connectivity index (χ1n) is 12.4. The topological polar surface area (TPSA) is 88.1 Å². The van der Waals surface area contributed by atoms with Gasteiger partial charge >= 0.3 is 17.7 Å². The lowest BCUT2D eigenvalue weighted by Crippen LogP contribution is -2.57. The van der Waals surface area contributed by atoms with Crippen molar-refractivity contribution in [3.05, 3.63) is 60.7 Å². The molecule has 0 aliphatic heterocycles. The summed E-state index contributed by atoms with van der Waals surface area (Å²) in [6, 6.07) is 16.4. The Balaban J connectivity index is 2.36. The second-order valence-corrected chi connectivity index (χ2v) is 8.32. The Hall–Kier alpha value is -3.19. The lowest BCUT2D eigenvalue weighted by Gasteiger charge is -2.31. The average molecular weight is 485 g/mol. The van der Waals surface area contributed by atoms with Gasteiger partial charge in [0.05, 0.1) is 6.10 Å². The van der Waals surface area contributed by atoms with E-state index in [9.17, 15) is 14.4 Å². The minimum absolute atomic E-state index is 0.0126.